The number of ketones is 1. The van der Waals surface area contributed by atoms with E-state index in [1.54, 1.807) is 56.5 Å². The average Bonchev–Trinajstić information content (AvgIpc) is 3.18. The standard InChI is InChI=1S/C32H33NO6/c1-6-39-27(34)17-21-10-13-24(14-11-21)33-29(22-9-7-8-20(4)16-22)28(31(36)32(33)37)30(35)23-12-15-26(38-5)25(18-23)19(2)3/h7-16,18-19,29,35H,6,17H2,1-5H3/b30-28-. The molecular formula is C32H33NO6. The molecule has 3 aromatic carbocycles. The molecule has 1 N–H and O–H groups in total. The number of aliphatic hydroxyl groups excluding tert-OH is 1. The predicted molar refractivity (Wildman–Crippen MR) is 150 cm³/mol. The highest BCUT2D eigenvalue weighted by Gasteiger charge is 2.47. The van der Waals surface area contributed by atoms with Crippen LogP contribution in [0.3, 0.4) is 0 Å². The maximum absolute atomic E-state index is 13.5. The number of rotatable bonds is 8. The molecule has 3 aromatic rings. The van der Waals surface area contributed by atoms with Crippen molar-refractivity contribution in [1.82, 2.24) is 0 Å². The maximum atomic E-state index is 13.5. The van der Waals surface area contributed by atoms with Crippen molar-refractivity contribution in [3.05, 3.63) is 100 Å². The zero-order valence-electron chi connectivity index (χ0n) is 22.9. The molecule has 1 aliphatic rings. The summed E-state index contributed by atoms with van der Waals surface area (Å²) in [6.45, 7) is 8.00. The summed E-state index contributed by atoms with van der Waals surface area (Å²) in [7, 11) is 1.59. The number of hydrogen-bond donors (Lipinski definition) is 1. The van der Waals surface area contributed by atoms with Gasteiger partial charge in [0.25, 0.3) is 11.7 Å². The van der Waals surface area contributed by atoms with Gasteiger partial charge in [-0.25, -0.2) is 0 Å². The Morgan fingerprint density at radius 1 is 1.03 bits per heavy atom. The summed E-state index contributed by atoms with van der Waals surface area (Å²) in [5.74, 6) is -1.30. The monoisotopic (exact) mass is 527 g/mol. The summed E-state index contributed by atoms with van der Waals surface area (Å²) in [5.41, 5.74) is 4.17. The number of carbonyl (C=O) groups is 3. The molecular weight excluding hydrogens is 494 g/mol. The Morgan fingerprint density at radius 3 is 2.36 bits per heavy atom. The highest BCUT2D eigenvalue weighted by atomic mass is 16.5. The van der Waals surface area contributed by atoms with Gasteiger partial charge in [0.1, 0.15) is 11.5 Å². The zero-order chi connectivity index (χ0) is 28.3. The van der Waals surface area contributed by atoms with Gasteiger partial charge in [-0.3, -0.25) is 19.3 Å². The number of carbonyl (C=O) groups excluding carboxylic acids is 3. The van der Waals surface area contributed by atoms with Crippen LogP contribution in [0.4, 0.5) is 5.69 Å². The van der Waals surface area contributed by atoms with Gasteiger partial charge in [0.15, 0.2) is 0 Å². The van der Waals surface area contributed by atoms with Crippen LogP contribution in [0.15, 0.2) is 72.3 Å². The topological polar surface area (TPSA) is 93.1 Å². The van der Waals surface area contributed by atoms with E-state index in [1.165, 1.54) is 4.90 Å². The number of benzene rings is 3. The van der Waals surface area contributed by atoms with Crippen LogP contribution >= 0.6 is 0 Å². The number of ether oxygens (including phenoxy) is 2. The second kappa shape index (κ2) is 11.6. The van der Waals surface area contributed by atoms with E-state index in [4.69, 9.17) is 9.47 Å². The lowest BCUT2D eigenvalue weighted by Crippen LogP contribution is -2.29. The van der Waals surface area contributed by atoms with Crippen LogP contribution < -0.4 is 9.64 Å². The first kappa shape index (κ1) is 27.6. The molecule has 1 amide bonds. The van der Waals surface area contributed by atoms with Crippen LogP contribution in [0.5, 0.6) is 5.75 Å². The molecule has 1 heterocycles. The van der Waals surface area contributed by atoms with E-state index >= 15 is 0 Å². The molecule has 0 saturated carbocycles. The molecule has 202 valence electrons. The van der Waals surface area contributed by atoms with Crippen molar-refractivity contribution in [2.45, 2.75) is 46.1 Å². The molecule has 1 fully saturated rings. The first-order chi connectivity index (χ1) is 18.7. The van der Waals surface area contributed by atoms with Crippen molar-refractivity contribution in [2.75, 3.05) is 18.6 Å². The molecule has 0 bridgehead atoms. The van der Waals surface area contributed by atoms with Gasteiger partial charge in [0.2, 0.25) is 0 Å². The molecule has 0 spiro atoms. The maximum Gasteiger partial charge on any atom is 0.310 e. The Hall–Kier alpha value is -4.39. The minimum absolute atomic E-state index is 0.0149. The van der Waals surface area contributed by atoms with Crippen LogP contribution in [0.2, 0.25) is 0 Å². The fraction of sp³-hybridized carbons (Fsp3) is 0.281. The van der Waals surface area contributed by atoms with E-state index in [0.29, 0.717) is 29.2 Å². The minimum atomic E-state index is -0.842. The quantitative estimate of drug-likeness (QED) is 0.171. The third kappa shape index (κ3) is 5.58. The molecule has 4 rings (SSSR count). The fourth-order valence-corrected chi connectivity index (χ4v) is 4.90. The Bertz CT molecular complexity index is 1440. The minimum Gasteiger partial charge on any atom is -0.507 e. The number of methoxy groups -OCH3 is 1. The number of anilines is 1. The van der Waals surface area contributed by atoms with Gasteiger partial charge in [0, 0.05) is 11.3 Å². The smallest absolute Gasteiger partial charge is 0.310 e. The summed E-state index contributed by atoms with van der Waals surface area (Å²) in [6, 6.07) is 18.8. The third-order valence-corrected chi connectivity index (χ3v) is 6.80. The first-order valence-corrected chi connectivity index (χ1v) is 13.0. The van der Waals surface area contributed by atoms with Gasteiger partial charge in [-0.15, -0.1) is 0 Å². The Labute approximate surface area is 228 Å². The zero-order valence-corrected chi connectivity index (χ0v) is 22.9. The molecule has 39 heavy (non-hydrogen) atoms. The van der Waals surface area contributed by atoms with Crippen molar-refractivity contribution >= 4 is 29.1 Å². The molecule has 7 nitrogen and oxygen atoms in total. The first-order valence-electron chi connectivity index (χ1n) is 13.0. The molecule has 1 unspecified atom stereocenters. The molecule has 7 heteroatoms. The molecule has 0 aromatic heterocycles. The number of nitrogens with zero attached hydrogens (tertiary/aromatic N) is 1. The van der Waals surface area contributed by atoms with Crippen molar-refractivity contribution in [2.24, 2.45) is 0 Å². The van der Waals surface area contributed by atoms with E-state index in [2.05, 4.69) is 0 Å². The van der Waals surface area contributed by atoms with E-state index in [-0.39, 0.29) is 29.6 Å². The van der Waals surface area contributed by atoms with E-state index in [9.17, 15) is 19.5 Å². The summed E-state index contributed by atoms with van der Waals surface area (Å²) in [4.78, 5) is 40.3. The second-order valence-corrected chi connectivity index (χ2v) is 9.84. The molecule has 1 atom stereocenters. The normalized spacial score (nSPS) is 16.6. The molecule has 0 aliphatic carbocycles. The Kier molecular flexibility index (Phi) is 8.19. The van der Waals surface area contributed by atoms with Crippen LogP contribution in [0.1, 0.15) is 60.5 Å². The van der Waals surface area contributed by atoms with E-state index < -0.39 is 17.7 Å². The molecule has 1 saturated heterocycles. The lowest BCUT2D eigenvalue weighted by molar-refractivity contribution is -0.142. The van der Waals surface area contributed by atoms with Crippen LogP contribution in [-0.4, -0.2) is 36.5 Å². The van der Waals surface area contributed by atoms with Gasteiger partial charge in [-0.2, -0.15) is 0 Å². The van der Waals surface area contributed by atoms with Gasteiger partial charge in [-0.1, -0.05) is 55.8 Å². The third-order valence-electron chi connectivity index (χ3n) is 6.80. The number of Topliss-reactive ketones (excluding diaryl/α,β-unsaturated/α-hetero) is 1. The number of hydrogen-bond acceptors (Lipinski definition) is 6. The summed E-state index contributed by atoms with van der Waals surface area (Å²) in [5, 5.41) is 11.5. The molecule has 1 aliphatic heterocycles. The lowest BCUT2D eigenvalue weighted by Gasteiger charge is -2.26. The van der Waals surface area contributed by atoms with Crippen molar-refractivity contribution in [3.63, 3.8) is 0 Å². The Morgan fingerprint density at radius 2 is 1.74 bits per heavy atom. The van der Waals surface area contributed by atoms with E-state index in [1.807, 2.05) is 45.0 Å². The van der Waals surface area contributed by atoms with Gasteiger partial charge >= 0.3 is 5.97 Å². The number of esters is 1. The second-order valence-electron chi connectivity index (χ2n) is 9.84. The highest BCUT2D eigenvalue weighted by molar-refractivity contribution is 6.51. The molecule has 0 radical (unpaired) electrons. The van der Waals surface area contributed by atoms with Crippen LogP contribution in [0, 0.1) is 6.92 Å². The van der Waals surface area contributed by atoms with Crippen molar-refractivity contribution in [3.8, 4) is 5.75 Å². The van der Waals surface area contributed by atoms with Crippen LogP contribution in [0.25, 0.3) is 5.76 Å². The predicted octanol–water partition coefficient (Wildman–Crippen LogP) is 5.86. The average molecular weight is 528 g/mol. The number of aliphatic hydroxyl groups is 1. The Balaban J connectivity index is 1.84. The fourth-order valence-electron chi connectivity index (χ4n) is 4.90. The van der Waals surface area contributed by atoms with Gasteiger partial charge < -0.3 is 14.6 Å². The van der Waals surface area contributed by atoms with Crippen LogP contribution in [-0.2, 0) is 25.5 Å². The van der Waals surface area contributed by atoms with E-state index in [0.717, 1.165) is 16.7 Å². The summed E-state index contributed by atoms with van der Waals surface area (Å²) >= 11 is 0. The summed E-state index contributed by atoms with van der Waals surface area (Å²) in [6.07, 6.45) is 0.101. The van der Waals surface area contributed by atoms with Crippen molar-refractivity contribution < 1.29 is 29.0 Å². The van der Waals surface area contributed by atoms with Crippen molar-refractivity contribution in [1.29, 1.82) is 0 Å². The lowest BCUT2D eigenvalue weighted by atomic mass is 9.92. The number of amides is 1. The number of aryl methyl sites for hydroxylation is 1. The summed E-state index contributed by atoms with van der Waals surface area (Å²) < 4.78 is 10.5. The highest BCUT2D eigenvalue weighted by Crippen LogP contribution is 2.43. The van der Waals surface area contributed by atoms with Gasteiger partial charge in [0.05, 0.1) is 31.8 Å². The largest absolute Gasteiger partial charge is 0.507 e. The SMILES string of the molecule is CCOC(=O)Cc1ccc(N2C(=O)C(=O)/C(=C(\O)c3ccc(OC)c(C(C)C)c3)C2c2cccc(C)c2)cc1. The van der Waals surface area contributed by atoms with Gasteiger partial charge in [-0.05, 0) is 66.8 Å².